The Bertz CT molecular complexity index is 1100. The number of rotatable bonds is 7. The number of esters is 2. The number of halogens is 2. The fourth-order valence-corrected chi connectivity index (χ4v) is 3.67. The first-order valence-corrected chi connectivity index (χ1v) is 9.65. The summed E-state index contributed by atoms with van der Waals surface area (Å²) in [5.41, 5.74) is -1.45. The molecule has 13 heteroatoms. The van der Waals surface area contributed by atoms with E-state index >= 15 is 0 Å². The van der Waals surface area contributed by atoms with E-state index in [2.05, 4.69) is 41.3 Å². The van der Waals surface area contributed by atoms with Gasteiger partial charge in [0.05, 0.1) is 34.6 Å². The molecule has 0 heterocycles. The summed E-state index contributed by atoms with van der Waals surface area (Å²) in [6.45, 7) is 0. The lowest BCUT2D eigenvalue weighted by atomic mass is 10.1. The Morgan fingerprint density at radius 2 is 1.58 bits per heavy atom. The highest BCUT2D eigenvalue weighted by atomic mass is 79.9. The minimum Gasteiger partial charge on any atom is -0.465 e. The molecule has 162 valence electrons. The predicted molar refractivity (Wildman–Crippen MR) is 114 cm³/mol. The standard InChI is InChI=1S/C18H12Br2N2O9/c1-29-17(23)12(18(24)30-2)6-9-5-10(19)7-13(20)16(9)31-15-4-3-11(21(25)26)8-14(15)22(27)28/h3-8H,1-2H3. The maximum Gasteiger partial charge on any atom is 0.345 e. The normalized spacial score (nSPS) is 10.1. The quantitative estimate of drug-likeness (QED) is 0.119. The van der Waals surface area contributed by atoms with E-state index in [4.69, 9.17) is 4.74 Å². The third-order valence-electron chi connectivity index (χ3n) is 3.71. The van der Waals surface area contributed by atoms with Crippen molar-refractivity contribution in [3.05, 3.63) is 70.6 Å². The summed E-state index contributed by atoms with van der Waals surface area (Å²) in [5.74, 6) is -2.26. The molecule has 0 fully saturated rings. The van der Waals surface area contributed by atoms with Crippen molar-refractivity contribution < 1.29 is 33.6 Å². The zero-order valence-electron chi connectivity index (χ0n) is 15.8. The van der Waals surface area contributed by atoms with Crippen LogP contribution in [0.3, 0.4) is 0 Å². The first-order chi connectivity index (χ1) is 14.6. The fourth-order valence-electron chi connectivity index (χ4n) is 2.33. The maximum atomic E-state index is 12.0. The second-order valence-electron chi connectivity index (χ2n) is 5.62. The van der Waals surface area contributed by atoms with Crippen LogP contribution in [-0.4, -0.2) is 36.0 Å². The number of benzene rings is 2. The molecule has 2 aromatic rings. The summed E-state index contributed by atoms with van der Waals surface area (Å²) in [5, 5.41) is 22.3. The second kappa shape index (κ2) is 10.1. The minimum atomic E-state index is -0.977. The molecule has 0 radical (unpaired) electrons. The van der Waals surface area contributed by atoms with E-state index in [-0.39, 0.29) is 17.1 Å². The molecule has 0 N–H and O–H groups in total. The van der Waals surface area contributed by atoms with Gasteiger partial charge in [0.2, 0.25) is 5.75 Å². The molecule has 2 aromatic carbocycles. The average Bonchev–Trinajstić information content (AvgIpc) is 2.72. The van der Waals surface area contributed by atoms with Crippen LogP contribution >= 0.6 is 31.9 Å². The van der Waals surface area contributed by atoms with E-state index in [9.17, 15) is 29.8 Å². The SMILES string of the molecule is COC(=O)C(=Cc1cc(Br)cc(Br)c1Oc1ccc([N+](=O)[O-])cc1[N+](=O)[O-])C(=O)OC. The second-order valence-corrected chi connectivity index (χ2v) is 7.39. The number of non-ortho nitro benzene ring substituents is 1. The third kappa shape index (κ3) is 5.64. The number of hydrogen-bond acceptors (Lipinski definition) is 9. The first-order valence-electron chi connectivity index (χ1n) is 8.07. The van der Waals surface area contributed by atoms with Crippen LogP contribution in [0.5, 0.6) is 11.5 Å². The lowest BCUT2D eigenvalue weighted by Crippen LogP contribution is -2.15. The Labute approximate surface area is 191 Å². The number of nitro benzene ring substituents is 2. The summed E-state index contributed by atoms with van der Waals surface area (Å²) in [6, 6.07) is 5.90. The Morgan fingerprint density at radius 3 is 2.10 bits per heavy atom. The Morgan fingerprint density at radius 1 is 0.968 bits per heavy atom. The van der Waals surface area contributed by atoms with Gasteiger partial charge in [0.15, 0.2) is 0 Å². The molecule has 0 unspecified atom stereocenters. The van der Waals surface area contributed by atoms with Crippen molar-refractivity contribution in [2.24, 2.45) is 0 Å². The van der Waals surface area contributed by atoms with Gasteiger partial charge in [0.1, 0.15) is 11.3 Å². The summed E-state index contributed by atoms with van der Waals surface area (Å²) < 4.78 is 15.7. The van der Waals surface area contributed by atoms with Gasteiger partial charge in [-0.2, -0.15) is 0 Å². The van der Waals surface area contributed by atoms with Crippen LogP contribution in [0.4, 0.5) is 11.4 Å². The average molecular weight is 560 g/mol. The highest BCUT2D eigenvalue weighted by molar-refractivity contribution is 9.11. The van der Waals surface area contributed by atoms with Crippen molar-refractivity contribution >= 4 is 61.2 Å². The van der Waals surface area contributed by atoms with Gasteiger partial charge in [-0.15, -0.1) is 0 Å². The lowest BCUT2D eigenvalue weighted by Gasteiger charge is -2.13. The van der Waals surface area contributed by atoms with Crippen LogP contribution in [0.1, 0.15) is 5.56 Å². The Balaban J connectivity index is 2.68. The van der Waals surface area contributed by atoms with Gasteiger partial charge in [-0.05, 0) is 40.2 Å². The van der Waals surface area contributed by atoms with E-state index < -0.39 is 38.7 Å². The predicted octanol–water partition coefficient (Wildman–Crippen LogP) is 4.55. The van der Waals surface area contributed by atoms with Crippen LogP contribution in [0.25, 0.3) is 6.08 Å². The van der Waals surface area contributed by atoms with Crippen molar-refractivity contribution in [1.29, 1.82) is 0 Å². The van der Waals surface area contributed by atoms with Crippen molar-refractivity contribution in [1.82, 2.24) is 0 Å². The van der Waals surface area contributed by atoms with Gasteiger partial charge in [0.25, 0.3) is 5.69 Å². The van der Waals surface area contributed by atoms with Gasteiger partial charge in [-0.3, -0.25) is 20.2 Å². The van der Waals surface area contributed by atoms with Crippen LogP contribution in [0, 0.1) is 20.2 Å². The highest BCUT2D eigenvalue weighted by Crippen LogP contribution is 2.41. The number of carbonyl (C=O) groups is 2. The van der Waals surface area contributed by atoms with Crippen molar-refractivity contribution in [2.45, 2.75) is 0 Å². The van der Waals surface area contributed by atoms with E-state index in [1.165, 1.54) is 6.07 Å². The fraction of sp³-hybridized carbons (Fsp3) is 0.111. The zero-order chi connectivity index (χ0) is 23.3. The van der Waals surface area contributed by atoms with Crippen LogP contribution in [-0.2, 0) is 19.1 Å². The molecule has 0 aliphatic rings. The molecule has 31 heavy (non-hydrogen) atoms. The topological polar surface area (TPSA) is 148 Å². The molecule has 0 atom stereocenters. The molecule has 0 saturated carbocycles. The molecule has 0 aromatic heterocycles. The molecule has 0 amide bonds. The molecule has 11 nitrogen and oxygen atoms in total. The smallest absolute Gasteiger partial charge is 0.345 e. The van der Waals surface area contributed by atoms with Gasteiger partial charge in [0, 0.05) is 16.1 Å². The third-order valence-corrected chi connectivity index (χ3v) is 4.76. The number of carbonyl (C=O) groups excluding carboxylic acids is 2. The first kappa shape index (κ1) is 24.0. The molecule has 0 aliphatic heterocycles. The van der Waals surface area contributed by atoms with E-state index in [0.717, 1.165) is 38.5 Å². The van der Waals surface area contributed by atoms with Crippen LogP contribution < -0.4 is 4.74 Å². The number of nitro groups is 2. The van der Waals surface area contributed by atoms with Gasteiger partial charge >= 0.3 is 17.6 Å². The zero-order valence-corrected chi connectivity index (χ0v) is 19.0. The molecule has 0 saturated heterocycles. The van der Waals surface area contributed by atoms with Crippen LogP contribution in [0.15, 0.2) is 44.9 Å². The van der Waals surface area contributed by atoms with Gasteiger partial charge < -0.3 is 14.2 Å². The summed E-state index contributed by atoms with van der Waals surface area (Å²) in [6.07, 6.45) is 1.12. The lowest BCUT2D eigenvalue weighted by molar-refractivity contribution is -0.394. The van der Waals surface area contributed by atoms with Gasteiger partial charge in [-0.25, -0.2) is 9.59 Å². The van der Waals surface area contributed by atoms with Crippen molar-refractivity contribution in [3.63, 3.8) is 0 Å². The highest BCUT2D eigenvalue weighted by Gasteiger charge is 2.25. The molecule has 0 spiro atoms. The summed E-state index contributed by atoms with van der Waals surface area (Å²) in [7, 11) is 2.15. The van der Waals surface area contributed by atoms with Crippen molar-refractivity contribution in [2.75, 3.05) is 14.2 Å². The van der Waals surface area contributed by atoms with Gasteiger partial charge in [-0.1, -0.05) is 15.9 Å². The molecule has 0 bridgehead atoms. The number of methoxy groups -OCH3 is 2. The summed E-state index contributed by atoms with van der Waals surface area (Å²) in [4.78, 5) is 44.7. The molecular weight excluding hydrogens is 548 g/mol. The Hall–Kier alpha value is -3.32. The van der Waals surface area contributed by atoms with Crippen LogP contribution in [0.2, 0.25) is 0 Å². The van der Waals surface area contributed by atoms with E-state index in [1.807, 2.05) is 0 Å². The molecular formula is C18H12Br2N2O9. The largest absolute Gasteiger partial charge is 0.465 e. The monoisotopic (exact) mass is 558 g/mol. The maximum absolute atomic E-state index is 12.0. The Kier molecular flexibility index (Phi) is 7.83. The molecule has 2 rings (SSSR count). The van der Waals surface area contributed by atoms with Crippen molar-refractivity contribution in [3.8, 4) is 11.5 Å². The van der Waals surface area contributed by atoms with E-state index in [0.29, 0.717) is 8.95 Å². The number of nitrogens with zero attached hydrogens (tertiary/aromatic N) is 2. The molecule has 0 aliphatic carbocycles. The number of hydrogen-bond donors (Lipinski definition) is 0. The number of ether oxygens (including phenoxy) is 3. The van der Waals surface area contributed by atoms with E-state index in [1.54, 1.807) is 6.07 Å². The summed E-state index contributed by atoms with van der Waals surface area (Å²) >= 11 is 6.52. The minimum absolute atomic E-state index is 0.00883.